The molecule has 90 valence electrons. The van der Waals surface area contributed by atoms with Crippen LogP contribution in [0.2, 0.25) is 5.02 Å². The Hall–Kier alpha value is -0.540. The zero-order valence-corrected chi connectivity index (χ0v) is 10.7. The highest BCUT2D eigenvalue weighted by Crippen LogP contribution is 2.45. The molecule has 16 heavy (non-hydrogen) atoms. The zero-order chi connectivity index (χ0) is 12.3. The van der Waals surface area contributed by atoms with Crippen molar-refractivity contribution in [3.05, 3.63) is 23.2 Å². The van der Waals surface area contributed by atoms with Crippen molar-refractivity contribution in [1.82, 2.24) is 0 Å². The molecule has 1 rings (SSSR count). The van der Waals surface area contributed by atoms with Crippen molar-refractivity contribution in [3.8, 4) is 5.75 Å². The van der Waals surface area contributed by atoms with Crippen LogP contribution in [0, 0.1) is 0 Å². The Morgan fingerprint density at radius 2 is 2.19 bits per heavy atom. The minimum Gasteiger partial charge on any atom is -0.507 e. The fraction of sp³-hybridized carbons (Fsp3) is 0.400. The lowest BCUT2D eigenvalue weighted by Gasteiger charge is -2.17. The molecule has 2 atom stereocenters. The molecule has 0 radical (unpaired) electrons. The number of hydrogen-bond acceptors (Lipinski definition) is 3. The van der Waals surface area contributed by atoms with E-state index in [9.17, 15) is 14.6 Å². The molecule has 1 aromatic rings. The summed E-state index contributed by atoms with van der Waals surface area (Å²) in [6.07, 6.45) is 0.237. The second-order valence-electron chi connectivity index (χ2n) is 3.48. The average molecular weight is 265 g/mol. The van der Waals surface area contributed by atoms with Crippen LogP contribution < -0.4 is 5.30 Å². The van der Waals surface area contributed by atoms with Gasteiger partial charge in [0.15, 0.2) is 0 Å². The maximum Gasteiger partial charge on any atom is 0.362 e. The Kier molecular flexibility index (Phi) is 4.39. The molecule has 0 aliphatic rings. The van der Waals surface area contributed by atoms with Gasteiger partial charge in [-0.05, 0) is 31.5 Å². The van der Waals surface area contributed by atoms with Gasteiger partial charge in [-0.2, -0.15) is 0 Å². The van der Waals surface area contributed by atoms with Gasteiger partial charge in [-0.3, -0.25) is 4.57 Å². The lowest BCUT2D eigenvalue weighted by molar-refractivity contribution is 0.192. The molecule has 2 N–H and O–H groups in total. The van der Waals surface area contributed by atoms with Crippen molar-refractivity contribution in [2.75, 3.05) is 0 Å². The van der Waals surface area contributed by atoms with Gasteiger partial charge < -0.3 is 14.5 Å². The first-order chi connectivity index (χ1) is 7.36. The summed E-state index contributed by atoms with van der Waals surface area (Å²) >= 11 is 5.69. The van der Waals surface area contributed by atoms with Gasteiger partial charge in [-0.15, -0.1) is 0 Å². The number of hydrogen-bond donors (Lipinski definition) is 2. The van der Waals surface area contributed by atoms with Crippen molar-refractivity contribution in [3.63, 3.8) is 0 Å². The third-order valence-corrected chi connectivity index (χ3v) is 3.99. The fourth-order valence-corrected chi connectivity index (χ4v) is 2.76. The second kappa shape index (κ2) is 5.19. The molecule has 1 aromatic carbocycles. The summed E-state index contributed by atoms with van der Waals surface area (Å²) in [6, 6.07) is 3.93. The van der Waals surface area contributed by atoms with Crippen LogP contribution in [0.5, 0.6) is 5.75 Å². The normalized spacial score (nSPS) is 16.8. The lowest BCUT2D eigenvalue weighted by Crippen LogP contribution is -2.13. The first kappa shape index (κ1) is 13.5. The van der Waals surface area contributed by atoms with Crippen LogP contribution in [-0.4, -0.2) is 16.1 Å². The largest absolute Gasteiger partial charge is 0.507 e. The third kappa shape index (κ3) is 3.22. The number of phenols is 1. The summed E-state index contributed by atoms with van der Waals surface area (Å²) < 4.78 is 16.9. The molecule has 0 heterocycles. The molecule has 2 unspecified atom stereocenters. The quantitative estimate of drug-likeness (QED) is 0.821. The van der Waals surface area contributed by atoms with E-state index in [0.717, 1.165) is 0 Å². The van der Waals surface area contributed by atoms with E-state index in [-0.39, 0.29) is 22.2 Å². The van der Waals surface area contributed by atoms with Crippen molar-refractivity contribution in [2.45, 2.75) is 26.4 Å². The summed E-state index contributed by atoms with van der Waals surface area (Å²) in [5.41, 5.74) is 0. The molecule has 0 aliphatic heterocycles. The Bertz CT molecular complexity index is 421. The third-order valence-electron chi connectivity index (χ3n) is 2.14. The van der Waals surface area contributed by atoms with E-state index in [1.165, 1.54) is 18.2 Å². The molecule has 0 saturated carbocycles. The Morgan fingerprint density at radius 3 is 2.75 bits per heavy atom. The van der Waals surface area contributed by atoms with Crippen molar-refractivity contribution in [2.24, 2.45) is 0 Å². The number of halogens is 1. The van der Waals surface area contributed by atoms with Gasteiger partial charge in [0.25, 0.3) is 0 Å². The van der Waals surface area contributed by atoms with Crippen molar-refractivity contribution < 1.29 is 19.1 Å². The molecular formula is C10H14ClO4P. The SMILES string of the molecule is CCC(C)OP(=O)(O)c1cc(Cl)ccc1O. The topological polar surface area (TPSA) is 66.8 Å². The van der Waals surface area contributed by atoms with Gasteiger partial charge >= 0.3 is 7.60 Å². The Morgan fingerprint density at radius 1 is 1.56 bits per heavy atom. The summed E-state index contributed by atoms with van der Waals surface area (Å²) in [4.78, 5) is 9.71. The van der Waals surface area contributed by atoms with E-state index in [4.69, 9.17) is 16.1 Å². The molecule has 0 aliphatic carbocycles. The summed E-state index contributed by atoms with van der Waals surface area (Å²) in [5.74, 6) is -0.293. The molecule has 0 amide bonds. The monoisotopic (exact) mass is 264 g/mol. The van der Waals surface area contributed by atoms with Crippen LogP contribution in [0.25, 0.3) is 0 Å². The van der Waals surface area contributed by atoms with Crippen molar-refractivity contribution >= 4 is 24.5 Å². The van der Waals surface area contributed by atoms with E-state index < -0.39 is 7.60 Å². The number of benzene rings is 1. The fourth-order valence-electron chi connectivity index (χ4n) is 1.10. The average Bonchev–Trinajstić information content (AvgIpc) is 2.20. The highest BCUT2D eigenvalue weighted by Gasteiger charge is 2.28. The molecular weight excluding hydrogens is 251 g/mol. The molecule has 0 fully saturated rings. The maximum atomic E-state index is 11.9. The van der Waals surface area contributed by atoms with Gasteiger partial charge in [0.2, 0.25) is 0 Å². The lowest BCUT2D eigenvalue weighted by atomic mass is 10.3. The van der Waals surface area contributed by atoms with Crippen molar-refractivity contribution in [1.29, 1.82) is 0 Å². The highest BCUT2D eigenvalue weighted by molar-refractivity contribution is 7.61. The predicted octanol–water partition coefficient (Wildman–Crippen LogP) is 2.67. The minimum absolute atomic E-state index is 0.166. The van der Waals surface area contributed by atoms with Gasteiger partial charge in [0.1, 0.15) is 11.1 Å². The van der Waals surface area contributed by atoms with E-state index in [1.807, 2.05) is 6.92 Å². The smallest absolute Gasteiger partial charge is 0.362 e. The van der Waals surface area contributed by atoms with Gasteiger partial charge in [0, 0.05) is 5.02 Å². The highest BCUT2D eigenvalue weighted by atomic mass is 35.5. The summed E-state index contributed by atoms with van der Waals surface area (Å²) in [7, 11) is -4.02. The predicted molar refractivity (Wildman–Crippen MR) is 63.4 cm³/mol. The number of aromatic hydroxyl groups is 1. The molecule has 0 spiro atoms. The molecule has 4 nitrogen and oxygen atoms in total. The van der Waals surface area contributed by atoms with Crippen LogP contribution in [0.15, 0.2) is 18.2 Å². The Balaban J connectivity index is 3.06. The van der Waals surface area contributed by atoms with E-state index >= 15 is 0 Å². The van der Waals surface area contributed by atoms with Gasteiger partial charge in [-0.1, -0.05) is 18.5 Å². The van der Waals surface area contributed by atoms with Crippen LogP contribution in [0.3, 0.4) is 0 Å². The van der Waals surface area contributed by atoms with Crippen LogP contribution in [-0.2, 0) is 9.09 Å². The summed E-state index contributed by atoms with van der Waals surface area (Å²) in [6.45, 7) is 3.52. The maximum absolute atomic E-state index is 11.9. The summed E-state index contributed by atoms with van der Waals surface area (Å²) in [5, 5.41) is 9.59. The molecule has 0 aromatic heterocycles. The second-order valence-corrected chi connectivity index (χ2v) is 5.65. The van der Waals surface area contributed by atoms with Crippen LogP contribution >= 0.6 is 19.2 Å². The van der Waals surface area contributed by atoms with Gasteiger partial charge in [0.05, 0.1) is 6.10 Å². The minimum atomic E-state index is -4.02. The Labute approximate surface area is 99.4 Å². The zero-order valence-electron chi connectivity index (χ0n) is 9.05. The van der Waals surface area contributed by atoms with Crippen LogP contribution in [0.4, 0.5) is 0 Å². The first-order valence-corrected chi connectivity index (χ1v) is 6.82. The number of rotatable bonds is 4. The molecule has 6 heteroatoms. The van der Waals surface area contributed by atoms with Crippen LogP contribution in [0.1, 0.15) is 20.3 Å². The first-order valence-electron chi connectivity index (χ1n) is 4.87. The molecule has 0 saturated heterocycles. The van der Waals surface area contributed by atoms with Gasteiger partial charge in [-0.25, -0.2) is 0 Å². The van der Waals surface area contributed by atoms with E-state index in [0.29, 0.717) is 6.42 Å². The van der Waals surface area contributed by atoms with E-state index in [1.54, 1.807) is 6.92 Å². The molecule has 0 bridgehead atoms. The van der Waals surface area contributed by atoms with E-state index in [2.05, 4.69) is 0 Å². The standard InChI is InChI=1S/C10H14ClO4P/c1-3-7(2)15-16(13,14)10-6-8(11)4-5-9(10)12/h4-7,12H,3H2,1-2H3,(H,13,14). The number of phenolic OH excluding ortho intramolecular Hbond substituents is 1.